The van der Waals surface area contributed by atoms with Gasteiger partial charge in [-0.3, -0.25) is 9.59 Å². The van der Waals surface area contributed by atoms with E-state index in [-0.39, 0.29) is 29.3 Å². The first-order valence-electron chi connectivity index (χ1n) is 12.3. The zero-order chi connectivity index (χ0) is 24.7. The van der Waals surface area contributed by atoms with Crippen LogP contribution in [0.4, 0.5) is 0 Å². The number of carbonyl (C=O) groups excluding carboxylic acids is 1. The van der Waals surface area contributed by atoms with Crippen LogP contribution in [-0.4, -0.2) is 54.8 Å². The number of methoxy groups -OCH3 is 1. The van der Waals surface area contributed by atoms with E-state index in [0.717, 1.165) is 56.4 Å². The van der Waals surface area contributed by atoms with E-state index in [1.807, 2.05) is 11.0 Å². The first kappa shape index (κ1) is 26.5. The first-order valence-corrected chi connectivity index (χ1v) is 12.7. The van der Waals surface area contributed by atoms with Crippen molar-refractivity contribution in [1.29, 1.82) is 0 Å². The smallest absolute Gasteiger partial charge is 0.250 e. The molecule has 0 radical (unpaired) electrons. The van der Waals surface area contributed by atoms with E-state index in [9.17, 15) is 9.59 Å². The lowest BCUT2D eigenvalue weighted by molar-refractivity contribution is -0.136. The van der Waals surface area contributed by atoms with E-state index in [1.54, 1.807) is 31.0 Å². The Balaban J connectivity index is 1.82. The lowest BCUT2D eigenvalue weighted by Gasteiger charge is -2.36. The number of pyridine rings is 1. The van der Waals surface area contributed by atoms with Crippen LogP contribution in [0.25, 0.3) is 0 Å². The molecule has 8 heteroatoms. The lowest BCUT2D eigenvalue weighted by Crippen LogP contribution is -2.48. The Morgan fingerprint density at radius 2 is 2.18 bits per heavy atom. The van der Waals surface area contributed by atoms with Crippen molar-refractivity contribution in [2.45, 2.75) is 51.0 Å². The number of allylic oxidation sites excluding steroid dienone is 1. The average molecular weight is 491 g/mol. The molecule has 7 nitrogen and oxygen atoms in total. The van der Waals surface area contributed by atoms with Gasteiger partial charge in [-0.1, -0.05) is 24.6 Å². The van der Waals surface area contributed by atoms with E-state index in [0.29, 0.717) is 24.0 Å². The summed E-state index contributed by atoms with van der Waals surface area (Å²) in [6.45, 7) is 4.76. The van der Waals surface area contributed by atoms with E-state index in [4.69, 9.17) is 22.1 Å². The maximum absolute atomic E-state index is 13.9. The summed E-state index contributed by atoms with van der Waals surface area (Å²) in [7, 11) is 3.45. The fourth-order valence-electron chi connectivity index (χ4n) is 4.77. The van der Waals surface area contributed by atoms with Crippen molar-refractivity contribution in [1.82, 2.24) is 14.8 Å². The summed E-state index contributed by atoms with van der Waals surface area (Å²) in [5.74, 6) is 0.215. The normalized spacial score (nSPS) is 22.5. The summed E-state index contributed by atoms with van der Waals surface area (Å²) in [4.78, 5) is 28.2. The Kier molecular flexibility index (Phi) is 9.80. The van der Waals surface area contributed by atoms with Gasteiger partial charge in [0.05, 0.1) is 11.0 Å². The number of hydrogen-bond acceptors (Lipinski definition) is 5. The standard InChI is InChI=1S/C26H39ClN4O3/c1-18(5-4-12-34-3)13-20(24(27)15-28)17-31(21-6-7-21)26(33)23-16-29-10-8-22(23)19-9-11-30(2)25(32)14-19/h9,11,13-15,18,21-23,29H,4-8,10,12,16-17,28H2,1-3H3/b20-13-,24-15+/t18?,22-,23+/m1/s1. The molecule has 1 aliphatic carbocycles. The van der Waals surface area contributed by atoms with Crippen molar-refractivity contribution in [2.75, 3.05) is 33.4 Å². The van der Waals surface area contributed by atoms with Crippen LogP contribution in [0.5, 0.6) is 0 Å². The van der Waals surface area contributed by atoms with Crippen LogP contribution >= 0.6 is 11.6 Å². The van der Waals surface area contributed by atoms with Crippen molar-refractivity contribution < 1.29 is 9.53 Å². The largest absolute Gasteiger partial charge is 0.403 e. The summed E-state index contributed by atoms with van der Waals surface area (Å²) in [5.41, 5.74) is 7.57. The van der Waals surface area contributed by atoms with Gasteiger partial charge in [0.15, 0.2) is 0 Å². The Morgan fingerprint density at radius 3 is 2.82 bits per heavy atom. The van der Waals surface area contributed by atoms with E-state index in [2.05, 4.69) is 18.3 Å². The summed E-state index contributed by atoms with van der Waals surface area (Å²) < 4.78 is 6.73. The number of halogens is 1. The first-order chi connectivity index (χ1) is 16.3. The monoisotopic (exact) mass is 490 g/mol. The zero-order valence-electron chi connectivity index (χ0n) is 20.6. The highest BCUT2D eigenvalue weighted by molar-refractivity contribution is 6.32. The number of aromatic nitrogens is 1. The third-order valence-electron chi connectivity index (χ3n) is 6.91. The average Bonchev–Trinajstić information content (AvgIpc) is 3.68. The SMILES string of the molecule is COCCCC(C)/C=C(CN(C(=O)[C@H]1CNCC[C@@H]1c1ccn(C)c(=O)c1)C1CC1)\C(Cl)=C/N. The number of hydrogen-bond donors (Lipinski definition) is 2. The molecule has 1 aromatic rings. The molecule has 1 aromatic heterocycles. The molecule has 1 aliphatic heterocycles. The highest BCUT2D eigenvalue weighted by Gasteiger charge is 2.40. The van der Waals surface area contributed by atoms with Gasteiger partial charge in [0.25, 0.3) is 5.56 Å². The van der Waals surface area contributed by atoms with Crippen molar-refractivity contribution >= 4 is 17.5 Å². The topological polar surface area (TPSA) is 89.6 Å². The maximum atomic E-state index is 13.9. The predicted molar refractivity (Wildman–Crippen MR) is 137 cm³/mol. The molecule has 1 amide bonds. The molecule has 0 bridgehead atoms. The number of carbonyl (C=O) groups is 1. The number of piperidine rings is 1. The molecule has 188 valence electrons. The molecule has 2 heterocycles. The highest BCUT2D eigenvalue weighted by atomic mass is 35.5. The van der Waals surface area contributed by atoms with Crippen molar-refractivity contribution in [3.05, 3.63) is 57.1 Å². The number of rotatable bonds is 11. The second-order valence-corrected chi connectivity index (χ2v) is 10.0. The number of aryl methyl sites for hydroxylation is 1. The molecule has 2 fully saturated rings. The van der Waals surface area contributed by atoms with Crippen LogP contribution in [-0.2, 0) is 16.6 Å². The van der Waals surface area contributed by atoms with E-state index in [1.165, 1.54) is 6.20 Å². The number of ether oxygens (including phenoxy) is 1. The van der Waals surface area contributed by atoms with Crippen LogP contribution in [0.3, 0.4) is 0 Å². The fourth-order valence-corrected chi connectivity index (χ4v) is 4.90. The quantitative estimate of drug-likeness (QED) is 0.367. The molecule has 3 atom stereocenters. The highest BCUT2D eigenvalue weighted by Crippen LogP contribution is 2.36. The molecule has 1 saturated carbocycles. The van der Waals surface area contributed by atoms with Gasteiger partial charge < -0.3 is 25.3 Å². The van der Waals surface area contributed by atoms with Crippen molar-refractivity contribution in [3.63, 3.8) is 0 Å². The van der Waals surface area contributed by atoms with Gasteiger partial charge in [0.2, 0.25) is 5.91 Å². The molecule has 1 saturated heterocycles. The van der Waals surface area contributed by atoms with Crippen LogP contribution < -0.4 is 16.6 Å². The summed E-state index contributed by atoms with van der Waals surface area (Å²) in [6, 6.07) is 3.88. The van der Waals surface area contributed by atoms with Gasteiger partial charge >= 0.3 is 0 Å². The Hall–Kier alpha value is -2.09. The van der Waals surface area contributed by atoms with Crippen LogP contribution in [0.1, 0.15) is 50.5 Å². The molecule has 2 aliphatic rings. The van der Waals surface area contributed by atoms with E-state index < -0.39 is 0 Å². The van der Waals surface area contributed by atoms with Crippen molar-refractivity contribution in [3.8, 4) is 0 Å². The van der Waals surface area contributed by atoms with Gasteiger partial charge in [-0.2, -0.15) is 0 Å². The second kappa shape index (κ2) is 12.6. The Bertz CT molecular complexity index is 954. The van der Waals surface area contributed by atoms with Crippen LogP contribution in [0, 0.1) is 11.8 Å². The van der Waals surface area contributed by atoms with Crippen molar-refractivity contribution in [2.24, 2.45) is 24.6 Å². The Labute approximate surface area is 208 Å². The Morgan fingerprint density at radius 1 is 1.41 bits per heavy atom. The van der Waals surface area contributed by atoms with E-state index >= 15 is 0 Å². The second-order valence-electron chi connectivity index (χ2n) is 9.63. The minimum Gasteiger partial charge on any atom is -0.403 e. The lowest BCUT2D eigenvalue weighted by atomic mass is 9.80. The zero-order valence-corrected chi connectivity index (χ0v) is 21.4. The minimum absolute atomic E-state index is 0.0184. The fraction of sp³-hybridized carbons (Fsp3) is 0.615. The molecule has 3 rings (SSSR count). The summed E-state index contributed by atoms with van der Waals surface area (Å²) >= 11 is 6.51. The predicted octanol–water partition coefficient (Wildman–Crippen LogP) is 3.10. The molecule has 0 spiro atoms. The molecular formula is C26H39ClN4O3. The summed E-state index contributed by atoms with van der Waals surface area (Å²) in [6.07, 6.45) is 10.1. The third-order valence-corrected chi connectivity index (χ3v) is 7.28. The number of nitrogens with two attached hydrogens (primary N) is 1. The van der Waals surface area contributed by atoms with Gasteiger partial charge in [0, 0.05) is 58.4 Å². The molecule has 34 heavy (non-hydrogen) atoms. The van der Waals surface area contributed by atoms with Gasteiger partial charge in [0.1, 0.15) is 0 Å². The number of nitrogens with one attached hydrogen (secondary N) is 1. The minimum atomic E-state index is -0.220. The van der Waals surface area contributed by atoms with Gasteiger partial charge in [-0.25, -0.2) is 0 Å². The molecular weight excluding hydrogens is 452 g/mol. The number of nitrogens with zero attached hydrogens (tertiary/aromatic N) is 2. The third kappa shape index (κ3) is 6.96. The maximum Gasteiger partial charge on any atom is 0.250 e. The molecule has 1 unspecified atom stereocenters. The molecule has 0 aromatic carbocycles. The van der Waals surface area contributed by atoms with Gasteiger partial charge in [-0.05, 0) is 67.7 Å². The van der Waals surface area contributed by atoms with Crippen LogP contribution in [0.2, 0.25) is 0 Å². The molecule has 3 N–H and O–H groups in total. The summed E-state index contributed by atoms with van der Waals surface area (Å²) in [5, 5.41) is 3.88. The number of amides is 1. The van der Waals surface area contributed by atoms with Gasteiger partial charge in [-0.15, -0.1) is 0 Å². The van der Waals surface area contributed by atoms with Crippen LogP contribution in [0.15, 0.2) is 46.0 Å².